The Morgan fingerprint density at radius 3 is 2.50 bits per heavy atom. The van der Waals surface area contributed by atoms with Crippen LogP contribution in [-0.4, -0.2) is 19.9 Å². The van der Waals surface area contributed by atoms with E-state index in [0.717, 1.165) is 24.1 Å². The molecular weight excluding hydrogens is 335 g/mol. The normalized spacial score (nSPS) is 19.0. The van der Waals surface area contributed by atoms with E-state index < -0.39 is 5.82 Å². The van der Waals surface area contributed by atoms with Crippen molar-refractivity contribution in [2.45, 2.75) is 24.7 Å². The van der Waals surface area contributed by atoms with Gasteiger partial charge in [-0.05, 0) is 42.5 Å². The Morgan fingerprint density at radius 1 is 0.962 bits per heavy atom. The van der Waals surface area contributed by atoms with Crippen molar-refractivity contribution in [2.75, 3.05) is 11.5 Å². The first kappa shape index (κ1) is 16.2. The summed E-state index contributed by atoms with van der Waals surface area (Å²) in [6.45, 7) is 0. The first-order valence-electron chi connectivity index (χ1n) is 8.21. The Morgan fingerprint density at radius 2 is 1.81 bits per heavy atom. The predicted molar refractivity (Wildman–Crippen MR) is 94.1 cm³/mol. The molecule has 2 aromatic heterocycles. The van der Waals surface area contributed by atoms with Crippen LogP contribution in [0.1, 0.15) is 35.9 Å². The molecule has 3 aromatic rings. The second-order valence-electron chi connectivity index (χ2n) is 6.29. The molecular formula is C18H17FN6O. The van der Waals surface area contributed by atoms with Crippen LogP contribution in [0.3, 0.4) is 0 Å². The molecule has 1 aliphatic rings. The van der Waals surface area contributed by atoms with E-state index in [1.165, 1.54) is 18.3 Å². The van der Waals surface area contributed by atoms with Gasteiger partial charge in [-0.1, -0.05) is 6.07 Å². The Hall–Kier alpha value is -3.29. The van der Waals surface area contributed by atoms with Crippen LogP contribution in [0.25, 0.3) is 0 Å². The monoisotopic (exact) mass is 352 g/mol. The number of nitrogens with two attached hydrogens (primary N) is 2. The third-order valence-corrected chi connectivity index (χ3v) is 4.53. The molecule has 0 aliphatic heterocycles. The number of nitrogen functional groups attached to an aromatic ring is 2. The minimum atomic E-state index is -0.454. The van der Waals surface area contributed by atoms with Gasteiger partial charge in [0.25, 0.3) is 0 Å². The highest BCUT2D eigenvalue weighted by Gasteiger charge is 2.33. The van der Waals surface area contributed by atoms with Gasteiger partial charge in [-0.3, -0.25) is 4.98 Å². The molecule has 1 aromatic carbocycles. The lowest BCUT2D eigenvalue weighted by Crippen LogP contribution is -2.21. The summed E-state index contributed by atoms with van der Waals surface area (Å²) in [6.07, 6.45) is 6.53. The van der Waals surface area contributed by atoms with Gasteiger partial charge in [0.1, 0.15) is 11.6 Å². The average Bonchev–Trinajstić information content (AvgIpc) is 2.58. The fourth-order valence-electron chi connectivity index (χ4n) is 3.05. The molecule has 8 heteroatoms. The Bertz CT molecular complexity index is 927. The highest BCUT2D eigenvalue weighted by molar-refractivity contribution is 5.36. The fraction of sp³-hybridized carbons (Fsp3) is 0.222. The Kier molecular flexibility index (Phi) is 4.08. The standard InChI is InChI=1S/C18H17FN6O/c19-13-7-10(1-2-15(13)26-18-22-4-3-16(20)25-18)11-5-12(6-11)14-8-24-17(21)9-23-14/h1-4,7-9,11-12H,5-6H2,(H2,21,24)(H2,20,22,25). The molecule has 0 atom stereocenters. The number of rotatable bonds is 4. The second kappa shape index (κ2) is 6.55. The maximum absolute atomic E-state index is 14.4. The van der Waals surface area contributed by atoms with Crippen molar-refractivity contribution in [1.29, 1.82) is 0 Å². The molecule has 7 nitrogen and oxygen atoms in total. The molecule has 0 radical (unpaired) electrons. The third kappa shape index (κ3) is 3.26. The highest BCUT2D eigenvalue weighted by Crippen LogP contribution is 2.47. The number of aromatic nitrogens is 4. The zero-order valence-corrected chi connectivity index (χ0v) is 13.8. The van der Waals surface area contributed by atoms with Crippen LogP contribution in [0.4, 0.5) is 16.0 Å². The molecule has 132 valence electrons. The van der Waals surface area contributed by atoms with Crippen LogP contribution in [0, 0.1) is 5.82 Å². The smallest absolute Gasteiger partial charge is 0.323 e. The summed E-state index contributed by atoms with van der Waals surface area (Å²) in [7, 11) is 0. The molecule has 0 bridgehead atoms. The molecule has 0 amide bonds. The number of hydrogen-bond donors (Lipinski definition) is 2. The molecule has 1 aliphatic carbocycles. The summed E-state index contributed by atoms with van der Waals surface area (Å²) in [5.41, 5.74) is 13.0. The van der Waals surface area contributed by atoms with E-state index in [1.807, 2.05) is 6.07 Å². The van der Waals surface area contributed by atoms with Crippen molar-refractivity contribution in [3.63, 3.8) is 0 Å². The summed E-state index contributed by atoms with van der Waals surface area (Å²) in [4.78, 5) is 16.2. The van der Waals surface area contributed by atoms with Gasteiger partial charge in [0.15, 0.2) is 11.6 Å². The van der Waals surface area contributed by atoms with Gasteiger partial charge in [0.2, 0.25) is 0 Å². The maximum atomic E-state index is 14.4. The maximum Gasteiger partial charge on any atom is 0.323 e. The minimum absolute atomic E-state index is 0.0160. The van der Waals surface area contributed by atoms with Crippen LogP contribution < -0.4 is 16.2 Å². The SMILES string of the molecule is Nc1cnc(C2CC(c3ccc(Oc4nccc(N)n4)c(F)c3)C2)cn1. The Balaban J connectivity index is 1.43. The molecule has 0 unspecified atom stereocenters. The van der Waals surface area contributed by atoms with Gasteiger partial charge in [0.05, 0.1) is 18.1 Å². The van der Waals surface area contributed by atoms with Gasteiger partial charge in [-0.25, -0.2) is 14.4 Å². The molecule has 0 spiro atoms. The molecule has 1 fully saturated rings. The van der Waals surface area contributed by atoms with Gasteiger partial charge in [0, 0.05) is 12.1 Å². The lowest BCUT2D eigenvalue weighted by Gasteiger charge is -2.35. The molecule has 1 saturated carbocycles. The minimum Gasteiger partial charge on any atom is -0.421 e. The topological polar surface area (TPSA) is 113 Å². The summed E-state index contributed by atoms with van der Waals surface area (Å²) in [5.74, 6) is 0.896. The fourth-order valence-corrected chi connectivity index (χ4v) is 3.05. The van der Waals surface area contributed by atoms with Gasteiger partial charge in [-0.15, -0.1) is 0 Å². The second-order valence-corrected chi connectivity index (χ2v) is 6.29. The summed E-state index contributed by atoms with van der Waals surface area (Å²) >= 11 is 0. The largest absolute Gasteiger partial charge is 0.421 e. The zero-order chi connectivity index (χ0) is 18.1. The summed E-state index contributed by atoms with van der Waals surface area (Å²) in [6, 6.07) is 6.50. The van der Waals surface area contributed by atoms with Gasteiger partial charge in [-0.2, -0.15) is 4.98 Å². The van der Waals surface area contributed by atoms with E-state index in [-0.39, 0.29) is 23.5 Å². The predicted octanol–water partition coefficient (Wildman–Crippen LogP) is 3.02. The number of nitrogens with zero attached hydrogens (tertiary/aromatic N) is 4. The number of ether oxygens (including phenoxy) is 1. The lowest BCUT2D eigenvalue weighted by atomic mass is 9.70. The van der Waals surface area contributed by atoms with E-state index in [9.17, 15) is 4.39 Å². The van der Waals surface area contributed by atoms with Crippen LogP contribution in [0.2, 0.25) is 0 Å². The number of anilines is 2. The number of hydrogen-bond acceptors (Lipinski definition) is 7. The quantitative estimate of drug-likeness (QED) is 0.742. The van der Waals surface area contributed by atoms with Crippen molar-refractivity contribution in [1.82, 2.24) is 19.9 Å². The average molecular weight is 352 g/mol. The molecule has 0 saturated heterocycles. The Labute approximate surface area is 149 Å². The van der Waals surface area contributed by atoms with Crippen molar-refractivity contribution in [3.8, 4) is 11.8 Å². The van der Waals surface area contributed by atoms with Crippen LogP contribution in [0.15, 0.2) is 42.9 Å². The highest BCUT2D eigenvalue weighted by atomic mass is 19.1. The van der Waals surface area contributed by atoms with Crippen molar-refractivity contribution < 1.29 is 9.13 Å². The van der Waals surface area contributed by atoms with E-state index in [4.69, 9.17) is 16.2 Å². The van der Waals surface area contributed by atoms with Crippen molar-refractivity contribution >= 4 is 11.6 Å². The van der Waals surface area contributed by atoms with Crippen LogP contribution >= 0.6 is 0 Å². The number of halogens is 1. The number of benzene rings is 1. The van der Waals surface area contributed by atoms with Gasteiger partial charge >= 0.3 is 6.01 Å². The summed E-state index contributed by atoms with van der Waals surface area (Å²) in [5, 5.41) is 0. The van der Waals surface area contributed by atoms with E-state index in [0.29, 0.717) is 11.7 Å². The molecule has 4 N–H and O–H groups in total. The van der Waals surface area contributed by atoms with Crippen LogP contribution in [0.5, 0.6) is 11.8 Å². The third-order valence-electron chi connectivity index (χ3n) is 4.53. The lowest BCUT2D eigenvalue weighted by molar-refractivity contribution is 0.342. The van der Waals surface area contributed by atoms with E-state index in [2.05, 4.69) is 19.9 Å². The van der Waals surface area contributed by atoms with E-state index in [1.54, 1.807) is 18.5 Å². The molecule has 2 heterocycles. The molecule has 4 rings (SSSR count). The van der Waals surface area contributed by atoms with Crippen molar-refractivity contribution in [3.05, 3.63) is 59.9 Å². The summed E-state index contributed by atoms with van der Waals surface area (Å²) < 4.78 is 19.7. The van der Waals surface area contributed by atoms with Crippen LogP contribution in [-0.2, 0) is 0 Å². The first-order valence-corrected chi connectivity index (χ1v) is 8.21. The van der Waals surface area contributed by atoms with Crippen molar-refractivity contribution in [2.24, 2.45) is 0 Å². The zero-order valence-electron chi connectivity index (χ0n) is 13.8. The van der Waals surface area contributed by atoms with Gasteiger partial charge < -0.3 is 16.2 Å². The first-order chi connectivity index (χ1) is 12.6. The molecule has 26 heavy (non-hydrogen) atoms. The van der Waals surface area contributed by atoms with E-state index >= 15 is 0 Å².